The van der Waals surface area contributed by atoms with E-state index in [-0.39, 0.29) is 5.57 Å². The highest BCUT2D eigenvalue weighted by molar-refractivity contribution is 5.92. The number of unbranched alkanes of at least 4 members (excludes halogenated alkanes) is 7. The summed E-state index contributed by atoms with van der Waals surface area (Å²) in [7, 11) is 0. The summed E-state index contributed by atoms with van der Waals surface area (Å²) in [5.74, 6) is -0.466. The van der Waals surface area contributed by atoms with Gasteiger partial charge < -0.3 is 4.74 Å². The number of esters is 1. The second-order valence-corrected chi connectivity index (χ2v) is 4.78. The largest absolute Gasteiger partial charge is 0.462 e. The van der Waals surface area contributed by atoms with Crippen molar-refractivity contribution in [2.75, 3.05) is 6.61 Å². The monoisotopic (exact) mass is 265 g/mol. The van der Waals surface area contributed by atoms with Crippen molar-refractivity contribution < 1.29 is 9.53 Å². The summed E-state index contributed by atoms with van der Waals surface area (Å²) in [6, 6.07) is 1.92. The Balaban J connectivity index is 3.71. The molecule has 0 saturated carbocycles. The Hall–Kier alpha value is -1.30. The molecule has 0 saturated heterocycles. The summed E-state index contributed by atoms with van der Waals surface area (Å²) in [4.78, 5) is 11.6. The minimum Gasteiger partial charge on any atom is -0.462 e. The van der Waals surface area contributed by atoms with Crippen LogP contribution in [0, 0.1) is 11.3 Å². The molecule has 0 aromatic rings. The lowest BCUT2D eigenvalue weighted by atomic mass is 10.1. The summed E-state index contributed by atoms with van der Waals surface area (Å²) >= 11 is 0. The van der Waals surface area contributed by atoms with Crippen molar-refractivity contribution in [1.29, 1.82) is 5.26 Å². The van der Waals surface area contributed by atoms with E-state index in [1.54, 1.807) is 6.08 Å². The Morgan fingerprint density at radius 2 is 1.68 bits per heavy atom. The fourth-order valence-corrected chi connectivity index (χ4v) is 1.75. The molecule has 0 fully saturated rings. The van der Waals surface area contributed by atoms with Crippen LogP contribution in [-0.4, -0.2) is 12.6 Å². The summed E-state index contributed by atoms with van der Waals surface area (Å²) in [6.45, 7) is 4.70. The molecule has 108 valence electrons. The molecule has 0 atom stereocenters. The first kappa shape index (κ1) is 17.7. The molecule has 0 aliphatic carbocycles. The normalized spacial score (nSPS) is 11.1. The smallest absolute Gasteiger partial charge is 0.348 e. The molecule has 0 aliphatic heterocycles. The number of allylic oxidation sites excluding steroid dienone is 1. The van der Waals surface area contributed by atoms with Gasteiger partial charge in [0.15, 0.2) is 0 Å². The predicted octanol–water partition coefficient (Wildman–Crippen LogP) is 4.53. The maximum absolute atomic E-state index is 11.6. The number of carbonyl (C=O) groups is 1. The lowest BCUT2D eigenvalue weighted by Gasteiger charge is -2.04. The van der Waals surface area contributed by atoms with Gasteiger partial charge in [0.2, 0.25) is 0 Å². The van der Waals surface area contributed by atoms with Crippen LogP contribution < -0.4 is 0 Å². The topological polar surface area (TPSA) is 50.1 Å². The van der Waals surface area contributed by atoms with Gasteiger partial charge in [-0.3, -0.25) is 0 Å². The van der Waals surface area contributed by atoms with Gasteiger partial charge in [0, 0.05) is 0 Å². The summed E-state index contributed by atoms with van der Waals surface area (Å²) in [5, 5.41) is 8.88. The van der Waals surface area contributed by atoms with Gasteiger partial charge in [0.1, 0.15) is 11.6 Å². The van der Waals surface area contributed by atoms with E-state index >= 15 is 0 Å². The third-order valence-corrected chi connectivity index (χ3v) is 2.98. The van der Waals surface area contributed by atoms with Crippen molar-refractivity contribution in [2.45, 2.75) is 71.6 Å². The molecule has 0 amide bonds. The Bertz CT molecular complexity index is 302. The highest BCUT2D eigenvalue weighted by Gasteiger charge is 2.09. The van der Waals surface area contributed by atoms with Crippen LogP contribution in [0.1, 0.15) is 71.6 Å². The van der Waals surface area contributed by atoms with Crippen molar-refractivity contribution in [2.24, 2.45) is 0 Å². The van der Waals surface area contributed by atoms with Gasteiger partial charge in [-0.05, 0) is 12.8 Å². The summed E-state index contributed by atoms with van der Waals surface area (Å²) < 4.78 is 5.10. The van der Waals surface area contributed by atoms with E-state index in [0.29, 0.717) is 6.61 Å². The molecule has 0 heterocycles. The lowest BCUT2D eigenvalue weighted by molar-refractivity contribution is -0.138. The highest BCUT2D eigenvalue weighted by atomic mass is 16.5. The Morgan fingerprint density at radius 3 is 2.32 bits per heavy atom. The molecule has 0 spiro atoms. The Kier molecular flexibility index (Phi) is 12.2. The molecule has 0 N–H and O–H groups in total. The number of hydrogen-bond donors (Lipinski definition) is 0. The zero-order valence-corrected chi connectivity index (χ0v) is 12.4. The second-order valence-electron chi connectivity index (χ2n) is 4.78. The summed E-state index contributed by atoms with van der Waals surface area (Å²) in [6.07, 6.45) is 11.5. The maximum atomic E-state index is 11.6. The number of carbonyl (C=O) groups excluding carboxylic acids is 1. The van der Waals surface area contributed by atoms with Crippen LogP contribution in [0.4, 0.5) is 0 Å². The standard InChI is InChI=1S/C16H27NO2/c1-3-5-7-8-9-11-13-19-16(18)15(14-17)12-10-6-4-2/h12H,3-11,13H2,1-2H3. The van der Waals surface area contributed by atoms with Crippen molar-refractivity contribution in [3.05, 3.63) is 11.6 Å². The SMILES string of the molecule is CCCCC=C(C#N)C(=O)OCCCCCCCC. The number of hydrogen-bond acceptors (Lipinski definition) is 3. The number of rotatable bonds is 11. The highest BCUT2D eigenvalue weighted by Crippen LogP contribution is 2.07. The van der Waals surface area contributed by atoms with Crippen LogP contribution in [0.25, 0.3) is 0 Å². The van der Waals surface area contributed by atoms with Gasteiger partial charge in [0.05, 0.1) is 6.61 Å². The minimum atomic E-state index is -0.466. The van der Waals surface area contributed by atoms with E-state index in [9.17, 15) is 4.79 Å². The van der Waals surface area contributed by atoms with Crippen molar-refractivity contribution in [3.63, 3.8) is 0 Å². The molecular formula is C16H27NO2. The van der Waals surface area contributed by atoms with E-state index in [4.69, 9.17) is 10.00 Å². The number of nitriles is 1. The van der Waals surface area contributed by atoms with E-state index in [1.165, 1.54) is 25.7 Å². The molecule has 0 aromatic carbocycles. The first-order chi connectivity index (χ1) is 9.26. The molecule has 0 radical (unpaired) electrons. The predicted molar refractivity (Wildman–Crippen MR) is 77.6 cm³/mol. The fourth-order valence-electron chi connectivity index (χ4n) is 1.75. The van der Waals surface area contributed by atoms with Gasteiger partial charge in [-0.25, -0.2) is 4.79 Å². The second kappa shape index (κ2) is 13.1. The van der Waals surface area contributed by atoms with E-state index in [0.717, 1.165) is 32.1 Å². The van der Waals surface area contributed by atoms with Crippen LogP contribution in [0.15, 0.2) is 11.6 Å². The van der Waals surface area contributed by atoms with Gasteiger partial charge in [0.25, 0.3) is 0 Å². The van der Waals surface area contributed by atoms with Crippen molar-refractivity contribution >= 4 is 5.97 Å². The van der Waals surface area contributed by atoms with Gasteiger partial charge in [-0.2, -0.15) is 5.26 Å². The average molecular weight is 265 g/mol. The van der Waals surface area contributed by atoms with Crippen molar-refractivity contribution in [3.8, 4) is 6.07 Å². The third-order valence-electron chi connectivity index (χ3n) is 2.98. The molecule has 0 unspecified atom stereocenters. The van der Waals surface area contributed by atoms with Crippen LogP contribution in [0.5, 0.6) is 0 Å². The first-order valence-corrected chi connectivity index (χ1v) is 7.53. The fraction of sp³-hybridized carbons (Fsp3) is 0.750. The number of ether oxygens (including phenoxy) is 1. The quantitative estimate of drug-likeness (QED) is 0.239. The Morgan fingerprint density at radius 1 is 1.05 bits per heavy atom. The average Bonchev–Trinajstić information content (AvgIpc) is 2.42. The molecular weight excluding hydrogens is 238 g/mol. The molecule has 3 heteroatoms. The van der Waals surface area contributed by atoms with E-state index < -0.39 is 5.97 Å². The first-order valence-electron chi connectivity index (χ1n) is 7.53. The zero-order chi connectivity index (χ0) is 14.3. The van der Waals surface area contributed by atoms with Crippen LogP contribution in [0.2, 0.25) is 0 Å². The molecule has 0 aromatic heterocycles. The number of nitrogens with zero attached hydrogens (tertiary/aromatic N) is 1. The minimum absolute atomic E-state index is 0.152. The van der Waals surface area contributed by atoms with E-state index in [2.05, 4.69) is 13.8 Å². The lowest BCUT2D eigenvalue weighted by Crippen LogP contribution is -2.08. The molecule has 0 rings (SSSR count). The van der Waals surface area contributed by atoms with Gasteiger partial charge >= 0.3 is 5.97 Å². The van der Waals surface area contributed by atoms with Crippen LogP contribution in [-0.2, 0) is 9.53 Å². The zero-order valence-electron chi connectivity index (χ0n) is 12.4. The molecule has 19 heavy (non-hydrogen) atoms. The van der Waals surface area contributed by atoms with E-state index in [1.807, 2.05) is 6.07 Å². The molecule has 0 aliphatic rings. The maximum Gasteiger partial charge on any atom is 0.348 e. The van der Waals surface area contributed by atoms with Crippen LogP contribution >= 0.6 is 0 Å². The Labute approximate surface area is 117 Å². The van der Waals surface area contributed by atoms with Gasteiger partial charge in [-0.1, -0.05) is 64.9 Å². The van der Waals surface area contributed by atoms with Gasteiger partial charge in [-0.15, -0.1) is 0 Å². The molecule has 0 bridgehead atoms. The van der Waals surface area contributed by atoms with Crippen molar-refractivity contribution in [1.82, 2.24) is 0 Å². The third kappa shape index (κ3) is 10.3. The summed E-state index contributed by atoms with van der Waals surface area (Å²) in [5.41, 5.74) is 0.152. The molecule has 3 nitrogen and oxygen atoms in total. The van der Waals surface area contributed by atoms with Crippen LogP contribution in [0.3, 0.4) is 0 Å².